The van der Waals surface area contributed by atoms with Gasteiger partial charge in [-0.05, 0) is 29.8 Å². The minimum atomic E-state index is -0.778. The smallest absolute Gasteiger partial charge is 0.139 e. The van der Waals surface area contributed by atoms with Gasteiger partial charge in [0.2, 0.25) is 0 Å². The van der Waals surface area contributed by atoms with Crippen LogP contribution in [0.3, 0.4) is 0 Å². The summed E-state index contributed by atoms with van der Waals surface area (Å²) in [7, 11) is 1.58. The van der Waals surface area contributed by atoms with Crippen molar-refractivity contribution in [3.05, 3.63) is 58.1 Å². The minimum absolute atomic E-state index is 0.0766. The van der Waals surface area contributed by atoms with E-state index in [1.54, 1.807) is 37.4 Å². The van der Waals surface area contributed by atoms with Crippen LogP contribution in [0.4, 0.5) is 0 Å². The van der Waals surface area contributed by atoms with Gasteiger partial charge in [-0.2, -0.15) is 0 Å². The number of benzene rings is 2. The first-order chi connectivity index (χ1) is 9.60. The number of methoxy groups -OCH3 is 1. The highest BCUT2D eigenvalue weighted by Gasteiger charge is 2.11. The second-order valence-electron chi connectivity index (χ2n) is 4.18. The molecule has 0 aliphatic heterocycles. The van der Waals surface area contributed by atoms with Gasteiger partial charge in [-0.25, -0.2) is 0 Å². The average molecular weight is 313 g/mol. The van der Waals surface area contributed by atoms with Gasteiger partial charge in [0.15, 0.2) is 0 Å². The van der Waals surface area contributed by atoms with Crippen LogP contribution in [0.15, 0.2) is 42.5 Å². The van der Waals surface area contributed by atoms with Crippen molar-refractivity contribution in [2.45, 2.75) is 6.10 Å². The first-order valence-corrected chi connectivity index (χ1v) is 6.75. The number of hydrogen-bond donors (Lipinski definition) is 1. The molecule has 1 N–H and O–H groups in total. The summed E-state index contributed by atoms with van der Waals surface area (Å²) in [6.07, 6.45) is -0.778. The summed E-state index contributed by atoms with van der Waals surface area (Å²) in [5, 5.41) is 11.1. The van der Waals surface area contributed by atoms with Crippen LogP contribution in [0, 0.1) is 0 Å². The molecule has 0 fully saturated rings. The van der Waals surface area contributed by atoms with Gasteiger partial charge >= 0.3 is 0 Å². The largest absolute Gasteiger partial charge is 0.497 e. The van der Waals surface area contributed by atoms with Gasteiger partial charge < -0.3 is 14.6 Å². The third kappa shape index (κ3) is 3.79. The lowest BCUT2D eigenvalue weighted by atomic mass is 10.1. The van der Waals surface area contributed by atoms with Crippen LogP contribution in [-0.4, -0.2) is 18.8 Å². The second-order valence-corrected chi connectivity index (χ2v) is 5.02. The molecule has 2 rings (SSSR count). The van der Waals surface area contributed by atoms with E-state index in [0.29, 0.717) is 27.1 Å². The number of ether oxygens (including phenoxy) is 2. The summed E-state index contributed by atoms with van der Waals surface area (Å²) < 4.78 is 10.6. The molecule has 0 amide bonds. The Labute approximate surface area is 127 Å². The van der Waals surface area contributed by atoms with Crippen LogP contribution in [0.25, 0.3) is 0 Å². The van der Waals surface area contributed by atoms with Gasteiger partial charge in [0.1, 0.15) is 24.2 Å². The SMILES string of the molecule is COc1cccc(C(O)COc2cc(Cl)ccc2Cl)c1. The predicted molar refractivity (Wildman–Crippen MR) is 79.9 cm³/mol. The van der Waals surface area contributed by atoms with Gasteiger partial charge in [0, 0.05) is 11.1 Å². The number of halogens is 2. The zero-order valence-electron chi connectivity index (χ0n) is 10.8. The molecule has 1 atom stereocenters. The van der Waals surface area contributed by atoms with E-state index in [1.165, 1.54) is 0 Å². The fourth-order valence-electron chi connectivity index (χ4n) is 1.70. The maximum absolute atomic E-state index is 10.1. The standard InChI is InChI=1S/C15H14Cl2O3/c1-19-12-4-2-3-10(7-12)14(18)9-20-15-8-11(16)5-6-13(15)17/h2-8,14,18H,9H2,1H3. The Bertz CT molecular complexity index is 587. The fourth-order valence-corrected chi connectivity index (χ4v) is 2.04. The first kappa shape index (κ1) is 15.0. The third-order valence-electron chi connectivity index (χ3n) is 2.77. The molecule has 2 aromatic rings. The molecule has 0 spiro atoms. The van der Waals surface area contributed by atoms with Crippen molar-refractivity contribution in [1.29, 1.82) is 0 Å². The predicted octanol–water partition coefficient (Wildman–Crippen LogP) is 4.11. The number of aliphatic hydroxyl groups excluding tert-OH is 1. The van der Waals surface area contributed by atoms with Crippen LogP contribution in [0.2, 0.25) is 10.0 Å². The van der Waals surface area contributed by atoms with Gasteiger partial charge in [-0.15, -0.1) is 0 Å². The van der Waals surface area contributed by atoms with Crippen molar-refractivity contribution in [2.24, 2.45) is 0 Å². The Hall–Kier alpha value is -1.42. The molecule has 3 nitrogen and oxygen atoms in total. The van der Waals surface area contributed by atoms with Crippen molar-refractivity contribution in [3.8, 4) is 11.5 Å². The Morgan fingerprint density at radius 1 is 1.15 bits per heavy atom. The van der Waals surface area contributed by atoms with Crippen LogP contribution >= 0.6 is 23.2 Å². The highest BCUT2D eigenvalue weighted by molar-refractivity contribution is 6.34. The van der Waals surface area contributed by atoms with Gasteiger partial charge in [-0.1, -0.05) is 35.3 Å². The summed E-state index contributed by atoms with van der Waals surface area (Å²) in [4.78, 5) is 0. The van der Waals surface area contributed by atoms with Crippen LogP contribution in [0.5, 0.6) is 11.5 Å². The Morgan fingerprint density at radius 2 is 1.95 bits per heavy atom. The zero-order chi connectivity index (χ0) is 14.5. The van der Waals surface area contributed by atoms with Gasteiger partial charge in [0.25, 0.3) is 0 Å². The molecule has 20 heavy (non-hydrogen) atoms. The Kier molecular flexibility index (Phi) is 5.12. The Morgan fingerprint density at radius 3 is 2.70 bits per heavy atom. The van der Waals surface area contributed by atoms with E-state index in [4.69, 9.17) is 32.7 Å². The van der Waals surface area contributed by atoms with E-state index in [1.807, 2.05) is 12.1 Å². The summed E-state index contributed by atoms with van der Waals surface area (Å²) in [5.41, 5.74) is 0.711. The first-order valence-electron chi connectivity index (χ1n) is 6.00. The molecule has 5 heteroatoms. The van der Waals surface area contributed by atoms with Crippen molar-refractivity contribution < 1.29 is 14.6 Å². The van der Waals surface area contributed by atoms with Crippen molar-refractivity contribution >= 4 is 23.2 Å². The number of hydrogen-bond acceptors (Lipinski definition) is 3. The topological polar surface area (TPSA) is 38.7 Å². The van der Waals surface area contributed by atoms with Crippen molar-refractivity contribution in [3.63, 3.8) is 0 Å². The lowest BCUT2D eigenvalue weighted by Crippen LogP contribution is -2.10. The summed E-state index contributed by atoms with van der Waals surface area (Å²) >= 11 is 11.9. The number of aliphatic hydroxyl groups is 1. The molecular weight excluding hydrogens is 299 g/mol. The third-order valence-corrected chi connectivity index (χ3v) is 3.32. The minimum Gasteiger partial charge on any atom is -0.497 e. The van der Waals surface area contributed by atoms with Crippen molar-refractivity contribution in [1.82, 2.24) is 0 Å². The lowest BCUT2D eigenvalue weighted by molar-refractivity contribution is 0.108. The Balaban J connectivity index is 2.04. The molecule has 0 saturated heterocycles. The van der Waals surface area contributed by atoms with E-state index < -0.39 is 6.10 Å². The average Bonchev–Trinajstić information content (AvgIpc) is 2.48. The van der Waals surface area contributed by atoms with E-state index in [9.17, 15) is 5.11 Å². The zero-order valence-corrected chi connectivity index (χ0v) is 12.4. The highest BCUT2D eigenvalue weighted by atomic mass is 35.5. The summed E-state index contributed by atoms with van der Waals surface area (Å²) in [6, 6.07) is 12.1. The van der Waals surface area contributed by atoms with Crippen LogP contribution in [-0.2, 0) is 0 Å². The quantitative estimate of drug-likeness (QED) is 0.902. The molecule has 2 aromatic carbocycles. The molecule has 1 unspecified atom stereocenters. The monoisotopic (exact) mass is 312 g/mol. The van der Waals surface area contributed by atoms with Crippen molar-refractivity contribution in [2.75, 3.05) is 13.7 Å². The van der Waals surface area contributed by atoms with E-state index >= 15 is 0 Å². The van der Waals surface area contributed by atoms with Crippen LogP contribution in [0.1, 0.15) is 11.7 Å². The molecular formula is C15H14Cl2O3. The van der Waals surface area contributed by atoms with Gasteiger partial charge in [0.05, 0.1) is 12.1 Å². The summed E-state index contributed by atoms with van der Waals surface area (Å²) in [6.45, 7) is 0.0766. The molecule has 0 radical (unpaired) electrons. The molecule has 106 valence electrons. The van der Waals surface area contributed by atoms with Crippen LogP contribution < -0.4 is 9.47 Å². The fraction of sp³-hybridized carbons (Fsp3) is 0.200. The van der Waals surface area contributed by atoms with Gasteiger partial charge in [-0.3, -0.25) is 0 Å². The van der Waals surface area contributed by atoms with E-state index in [-0.39, 0.29) is 6.61 Å². The lowest BCUT2D eigenvalue weighted by Gasteiger charge is -2.14. The highest BCUT2D eigenvalue weighted by Crippen LogP contribution is 2.29. The molecule has 0 bridgehead atoms. The summed E-state index contributed by atoms with van der Waals surface area (Å²) in [5.74, 6) is 1.13. The second kappa shape index (κ2) is 6.84. The van der Waals surface area contributed by atoms with E-state index in [2.05, 4.69) is 0 Å². The molecule has 0 saturated carbocycles. The maximum Gasteiger partial charge on any atom is 0.139 e. The van der Waals surface area contributed by atoms with E-state index in [0.717, 1.165) is 0 Å². The molecule has 0 aromatic heterocycles. The molecule has 0 heterocycles. The normalized spacial score (nSPS) is 12.0. The molecule has 0 aliphatic carbocycles. The maximum atomic E-state index is 10.1. The number of rotatable bonds is 5. The molecule has 0 aliphatic rings.